The van der Waals surface area contributed by atoms with Crippen molar-refractivity contribution in [2.75, 3.05) is 17.7 Å². The van der Waals surface area contributed by atoms with E-state index in [0.29, 0.717) is 22.5 Å². The molecule has 7 amide bonds. The molecular weight excluding hydrogens is 769 g/mol. The number of H-pyrrole nitrogens is 1. The molecule has 0 radical (unpaired) electrons. The quantitative estimate of drug-likeness (QED) is 0.0650. The van der Waals surface area contributed by atoms with Gasteiger partial charge in [0.05, 0.1) is 6.42 Å². The van der Waals surface area contributed by atoms with Crippen molar-refractivity contribution >= 4 is 63.8 Å². The number of aliphatic carboxylic acids is 1. The fourth-order valence-electron chi connectivity index (χ4n) is 6.78. The third-order valence-electron chi connectivity index (χ3n) is 9.85. The smallest absolute Gasteiger partial charge is 0.323 e. The molecule has 0 saturated heterocycles. The van der Waals surface area contributed by atoms with Crippen LogP contribution in [-0.4, -0.2) is 87.7 Å². The zero-order chi connectivity index (χ0) is 43.3. The van der Waals surface area contributed by atoms with Crippen LogP contribution in [0.5, 0.6) is 0 Å². The Morgan fingerprint density at radius 1 is 0.717 bits per heavy atom. The number of urea groups is 1. The number of nitrogens with zero attached hydrogens (tertiary/aromatic N) is 1. The number of aromatic amines is 1. The molecule has 16 nitrogen and oxygen atoms in total. The number of fused-ring (bicyclic) bond motifs is 1. The van der Waals surface area contributed by atoms with E-state index in [4.69, 9.17) is 5.73 Å². The molecule has 0 spiro atoms. The van der Waals surface area contributed by atoms with E-state index in [1.165, 1.54) is 14.0 Å². The highest BCUT2D eigenvalue weighted by molar-refractivity contribution is 6.00. The second-order valence-electron chi connectivity index (χ2n) is 14.4. The number of benzene rings is 4. The number of carboxylic acid groups (broad SMARTS) is 1. The summed E-state index contributed by atoms with van der Waals surface area (Å²) in [4.78, 5) is 96.4. The van der Waals surface area contributed by atoms with Gasteiger partial charge >= 0.3 is 12.0 Å². The van der Waals surface area contributed by atoms with Crippen molar-refractivity contribution in [2.24, 2.45) is 5.73 Å². The first-order valence-corrected chi connectivity index (χ1v) is 19.2. The molecule has 5 rings (SSSR count). The van der Waals surface area contributed by atoms with Crippen molar-refractivity contribution in [2.45, 2.75) is 63.7 Å². The zero-order valence-electron chi connectivity index (χ0n) is 33.4. The summed E-state index contributed by atoms with van der Waals surface area (Å²) in [6.07, 6.45) is 0.727. The van der Waals surface area contributed by atoms with Gasteiger partial charge in [0.25, 0.3) is 0 Å². The number of carboxylic acids is 1. The van der Waals surface area contributed by atoms with Crippen molar-refractivity contribution in [1.29, 1.82) is 0 Å². The van der Waals surface area contributed by atoms with E-state index in [9.17, 15) is 38.7 Å². The Morgan fingerprint density at radius 3 is 2.03 bits per heavy atom. The predicted molar refractivity (Wildman–Crippen MR) is 226 cm³/mol. The van der Waals surface area contributed by atoms with Crippen molar-refractivity contribution in [3.63, 3.8) is 0 Å². The fourth-order valence-corrected chi connectivity index (χ4v) is 6.78. The summed E-state index contributed by atoms with van der Waals surface area (Å²) >= 11 is 0. The van der Waals surface area contributed by atoms with Crippen LogP contribution in [0.2, 0.25) is 0 Å². The number of hydrogen-bond donors (Lipinski definition) is 8. The lowest BCUT2D eigenvalue weighted by atomic mass is 10.0. The molecule has 0 fully saturated rings. The number of rotatable bonds is 18. The minimum atomic E-state index is -1.69. The van der Waals surface area contributed by atoms with Gasteiger partial charge in [-0.25, -0.2) is 4.79 Å². The van der Waals surface area contributed by atoms with Crippen LogP contribution in [0.25, 0.3) is 10.9 Å². The van der Waals surface area contributed by atoms with E-state index in [2.05, 4.69) is 31.6 Å². The van der Waals surface area contributed by atoms with Crippen molar-refractivity contribution < 1.29 is 38.7 Å². The number of nitrogens with two attached hydrogens (primary N) is 1. The molecule has 0 aliphatic heterocycles. The number of hydrogen-bond acceptors (Lipinski definition) is 7. The SMILES string of the molecule is CC(=O)N[C@@H](Cc1c[nH]c2ccccc12)C(=O)N[C@H](Cc1cccc(NC(=O)Nc2ccccc2C)c1)C(=O)N[C@@H](CC(=O)O)C(=O)N(C)[C@@H](Cc1ccccc1)C(N)=O. The molecule has 4 aromatic carbocycles. The fraction of sp³-hybridized carbons (Fsp3) is 0.250. The second-order valence-corrected chi connectivity index (χ2v) is 14.4. The van der Waals surface area contributed by atoms with Gasteiger partial charge < -0.3 is 47.3 Å². The van der Waals surface area contributed by atoms with E-state index in [1.807, 2.05) is 43.3 Å². The first kappa shape index (κ1) is 43.6. The van der Waals surface area contributed by atoms with Crippen LogP contribution >= 0.6 is 0 Å². The first-order chi connectivity index (χ1) is 28.7. The lowest BCUT2D eigenvalue weighted by molar-refractivity contribution is -0.145. The average molecular weight is 817 g/mol. The summed E-state index contributed by atoms with van der Waals surface area (Å²) in [5, 5.41) is 24.1. The minimum absolute atomic E-state index is 0.0269. The van der Waals surface area contributed by atoms with E-state index < -0.39 is 72.1 Å². The molecule has 5 aromatic rings. The van der Waals surface area contributed by atoms with Gasteiger partial charge in [0.1, 0.15) is 24.2 Å². The number of carbonyl (C=O) groups excluding carboxylic acids is 6. The molecule has 0 bridgehead atoms. The lowest BCUT2D eigenvalue weighted by Gasteiger charge is -2.30. The molecule has 1 aromatic heterocycles. The number of aromatic nitrogens is 1. The number of anilines is 2. The number of nitrogens with one attached hydrogen (secondary N) is 6. The molecule has 4 atom stereocenters. The number of primary amides is 1. The first-order valence-electron chi connectivity index (χ1n) is 19.2. The predicted octanol–water partition coefficient (Wildman–Crippen LogP) is 3.41. The molecular formula is C44H48N8O8. The summed E-state index contributed by atoms with van der Waals surface area (Å²) < 4.78 is 0. The Morgan fingerprint density at radius 2 is 1.35 bits per heavy atom. The lowest BCUT2D eigenvalue weighted by Crippen LogP contribution is -2.59. The molecule has 0 aliphatic carbocycles. The van der Waals surface area contributed by atoms with Crippen molar-refractivity contribution in [3.8, 4) is 0 Å². The standard InChI is InChI=1S/C44H48N8O8/c1-26-12-7-9-18-33(26)51-44(60)48-31-16-11-15-29(20-31)21-35(49-42(58)36(47-27(2)53)23-30-25-46-34-19-10-8-17-32(30)34)41(57)50-37(24-39(54)55)43(59)52(3)38(40(45)56)22-28-13-5-4-6-14-28/h4-20,25,35-38,46H,21-24H2,1-3H3,(H2,45,56)(H,47,53)(H,49,58)(H,50,57)(H,54,55)(H2,48,51,60)/t35-,36+,37+,38+/m1/s1. The highest BCUT2D eigenvalue weighted by atomic mass is 16.4. The van der Waals surface area contributed by atoms with E-state index in [-0.39, 0.29) is 19.3 Å². The summed E-state index contributed by atoms with van der Waals surface area (Å²) in [6, 6.07) is 23.9. The Bertz CT molecular complexity index is 2360. The Labute approximate surface area is 346 Å². The number of likely N-dealkylation sites (N-methyl/N-ethyl adjacent to an activating group) is 1. The maximum atomic E-state index is 14.3. The summed E-state index contributed by atoms with van der Waals surface area (Å²) in [7, 11) is 1.29. The van der Waals surface area contributed by atoms with Gasteiger partial charge in [-0.3, -0.25) is 28.8 Å². The van der Waals surface area contributed by atoms with Crippen LogP contribution in [0.3, 0.4) is 0 Å². The zero-order valence-corrected chi connectivity index (χ0v) is 33.4. The normalized spacial score (nSPS) is 12.8. The van der Waals surface area contributed by atoms with Gasteiger partial charge in [-0.15, -0.1) is 0 Å². The Kier molecular flexibility index (Phi) is 14.7. The third kappa shape index (κ3) is 12.0. The highest BCUT2D eigenvalue weighted by Crippen LogP contribution is 2.20. The Hall–Kier alpha value is -7.49. The van der Waals surface area contributed by atoms with Crippen molar-refractivity contribution in [3.05, 3.63) is 132 Å². The number of aryl methyl sites for hydroxylation is 1. The molecule has 0 aliphatic rings. The van der Waals surface area contributed by atoms with Gasteiger partial charge in [0.15, 0.2) is 0 Å². The molecule has 60 heavy (non-hydrogen) atoms. The van der Waals surface area contributed by atoms with Gasteiger partial charge in [0.2, 0.25) is 29.5 Å². The van der Waals surface area contributed by atoms with Crippen LogP contribution in [-0.2, 0) is 48.0 Å². The summed E-state index contributed by atoms with van der Waals surface area (Å²) in [5.41, 5.74) is 10.2. The summed E-state index contributed by atoms with van der Waals surface area (Å²) in [5.74, 6) is -5.35. The number of para-hydroxylation sites is 2. The third-order valence-corrected chi connectivity index (χ3v) is 9.85. The Balaban J connectivity index is 1.42. The highest BCUT2D eigenvalue weighted by Gasteiger charge is 2.35. The van der Waals surface area contributed by atoms with E-state index >= 15 is 0 Å². The molecule has 9 N–H and O–H groups in total. The molecule has 16 heteroatoms. The van der Waals surface area contributed by atoms with E-state index in [1.54, 1.807) is 72.9 Å². The maximum absolute atomic E-state index is 14.3. The van der Waals surface area contributed by atoms with Gasteiger partial charge in [-0.2, -0.15) is 0 Å². The molecule has 0 saturated carbocycles. The van der Waals surface area contributed by atoms with Crippen LogP contribution in [0.4, 0.5) is 16.2 Å². The van der Waals surface area contributed by atoms with Gasteiger partial charge in [-0.05, 0) is 53.4 Å². The second kappa shape index (κ2) is 20.3. The number of amides is 7. The van der Waals surface area contributed by atoms with Crippen LogP contribution in [0.15, 0.2) is 109 Å². The molecule has 1 heterocycles. The monoisotopic (exact) mass is 816 g/mol. The average Bonchev–Trinajstić information content (AvgIpc) is 3.62. The van der Waals surface area contributed by atoms with Gasteiger partial charge in [0, 0.05) is 61.7 Å². The van der Waals surface area contributed by atoms with Crippen LogP contribution < -0.4 is 32.3 Å². The molecule has 0 unspecified atom stereocenters. The number of carbonyl (C=O) groups is 7. The summed E-state index contributed by atoms with van der Waals surface area (Å²) in [6.45, 7) is 3.10. The van der Waals surface area contributed by atoms with Crippen LogP contribution in [0.1, 0.15) is 35.6 Å². The van der Waals surface area contributed by atoms with Crippen LogP contribution in [0, 0.1) is 6.92 Å². The largest absolute Gasteiger partial charge is 0.481 e. The molecule has 312 valence electrons. The minimum Gasteiger partial charge on any atom is -0.481 e. The van der Waals surface area contributed by atoms with E-state index in [0.717, 1.165) is 26.9 Å². The topological polar surface area (TPSA) is 245 Å². The maximum Gasteiger partial charge on any atom is 0.323 e. The van der Waals surface area contributed by atoms with Gasteiger partial charge in [-0.1, -0.05) is 78.9 Å². The van der Waals surface area contributed by atoms with Crippen molar-refractivity contribution in [1.82, 2.24) is 25.8 Å².